The molecule has 1 saturated heterocycles. The van der Waals surface area contributed by atoms with Crippen LogP contribution in [0.1, 0.15) is 27.2 Å². The van der Waals surface area contributed by atoms with Crippen molar-refractivity contribution in [3.63, 3.8) is 0 Å². The summed E-state index contributed by atoms with van der Waals surface area (Å²) in [6.07, 6.45) is 0.996. The van der Waals surface area contributed by atoms with E-state index in [1.165, 1.54) is 0 Å². The lowest BCUT2D eigenvalue weighted by atomic mass is 9.83. The van der Waals surface area contributed by atoms with Crippen LogP contribution in [-0.4, -0.2) is 24.3 Å². The van der Waals surface area contributed by atoms with Crippen molar-refractivity contribution in [3.8, 4) is 0 Å². The fraction of sp³-hybridized carbons (Fsp3) is 1.00. The first-order chi connectivity index (χ1) is 4.99. The topological polar surface area (TPSA) is 32.3 Å². The molecule has 0 aromatic heterocycles. The molecule has 1 aliphatic rings. The molecule has 66 valence electrons. The normalized spacial score (nSPS) is 32.7. The third-order valence-corrected chi connectivity index (χ3v) is 2.18. The molecular formula is C9H19NO. The molecule has 0 bridgehead atoms. The lowest BCUT2D eigenvalue weighted by molar-refractivity contribution is 0.120. The lowest BCUT2D eigenvalue weighted by Crippen LogP contribution is -2.23. The van der Waals surface area contributed by atoms with E-state index in [1.807, 2.05) is 0 Å². The lowest BCUT2D eigenvalue weighted by Gasteiger charge is -2.24. The fourth-order valence-electron chi connectivity index (χ4n) is 1.71. The quantitative estimate of drug-likeness (QED) is 0.595. The summed E-state index contributed by atoms with van der Waals surface area (Å²) >= 11 is 0. The Labute approximate surface area is 69.0 Å². The monoisotopic (exact) mass is 157 g/mol. The van der Waals surface area contributed by atoms with Gasteiger partial charge in [-0.15, -0.1) is 0 Å². The zero-order valence-electron chi connectivity index (χ0n) is 7.72. The molecule has 2 nitrogen and oxygen atoms in total. The molecule has 1 fully saturated rings. The Morgan fingerprint density at radius 2 is 2.00 bits per heavy atom. The van der Waals surface area contributed by atoms with Gasteiger partial charge in [0.1, 0.15) is 0 Å². The van der Waals surface area contributed by atoms with Gasteiger partial charge in [0.05, 0.1) is 6.10 Å². The number of aliphatic hydroxyl groups excluding tert-OH is 1. The molecule has 2 atom stereocenters. The minimum atomic E-state index is -0.116. The van der Waals surface area contributed by atoms with Crippen LogP contribution in [0.15, 0.2) is 0 Å². The molecule has 1 aliphatic heterocycles. The Balaban J connectivity index is 2.37. The van der Waals surface area contributed by atoms with Gasteiger partial charge in [-0.05, 0) is 17.8 Å². The number of hydrogen-bond donors (Lipinski definition) is 2. The highest BCUT2D eigenvalue weighted by molar-refractivity contribution is 4.83. The summed E-state index contributed by atoms with van der Waals surface area (Å²) in [6, 6.07) is 0. The van der Waals surface area contributed by atoms with Gasteiger partial charge in [0.15, 0.2) is 0 Å². The maximum Gasteiger partial charge on any atom is 0.0705 e. The zero-order chi connectivity index (χ0) is 8.48. The van der Waals surface area contributed by atoms with Gasteiger partial charge < -0.3 is 10.4 Å². The molecule has 0 saturated carbocycles. The smallest absolute Gasteiger partial charge is 0.0705 e. The second kappa shape index (κ2) is 3.11. The van der Waals surface area contributed by atoms with E-state index in [2.05, 4.69) is 26.1 Å². The first-order valence-electron chi connectivity index (χ1n) is 4.38. The van der Waals surface area contributed by atoms with Crippen LogP contribution in [0.3, 0.4) is 0 Å². The highest BCUT2D eigenvalue weighted by Gasteiger charge is 2.28. The predicted octanol–water partition coefficient (Wildman–Crippen LogP) is 1.00. The standard InChI is InChI=1S/C9H19NO/c1-9(2,3)4-7-5-10-6-8(7)11/h7-8,10-11H,4-6H2,1-3H3/t7-,8-/m1/s1. The van der Waals surface area contributed by atoms with Crippen LogP contribution in [0.4, 0.5) is 0 Å². The Morgan fingerprint density at radius 1 is 1.36 bits per heavy atom. The Morgan fingerprint density at radius 3 is 2.36 bits per heavy atom. The molecule has 0 amide bonds. The van der Waals surface area contributed by atoms with Crippen molar-refractivity contribution in [2.45, 2.75) is 33.3 Å². The first-order valence-corrected chi connectivity index (χ1v) is 4.38. The van der Waals surface area contributed by atoms with Crippen LogP contribution in [0.25, 0.3) is 0 Å². The van der Waals surface area contributed by atoms with Crippen LogP contribution in [0.5, 0.6) is 0 Å². The maximum atomic E-state index is 9.49. The van der Waals surface area contributed by atoms with E-state index in [0.717, 1.165) is 19.5 Å². The van der Waals surface area contributed by atoms with E-state index in [4.69, 9.17) is 0 Å². The third-order valence-electron chi connectivity index (χ3n) is 2.18. The van der Waals surface area contributed by atoms with Crippen molar-refractivity contribution < 1.29 is 5.11 Å². The predicted molar refractivity (Wildman–Crippen MR) is 46.4 cm³/mol. The summed E-state index contributed by atoms with van der Waals surface area (Å²) in [5.74, 6) is 0.468. The SMILES string of the molecule is CC(C)(C)C[C@@H]1CNC[C@H]1O. The van der Waals surface area contributed by atoms with Crippen LogP contribution >= 0.6 is 0 Å². The van der Waals surface area contributed by atoms with Gasteiger partial charge in [0.2, 0.25) is 0 Å². The van der Waals surface area contributed by atoms with Gasteiger partial charge in [0, 0.05) is 13.1 Å². The Hall–Kier alpha value is -0.0800. The minimum absolute atomic E-state index is 0.116. The van der Waals surface area contributed by atoms with Crippen molar-refractivity contribution in [2.24, 2.45) is 11.3 Å². The summed E-state index contributed by atoms with van der Waals surface area (Å²) in [5.41, 5.74) is 0.345. The second-order valence-electron chi connectivity index (χ2n) is 4.75. The van der Waals surface area contributed by atoms with E-state index in [1.54, 1.807) is 0 Å². The molecule has 0 aromatic carbocycles. The number of hydrogen-bond acceptors (Lipinski definition) is 2. The minimum Gasteiger partial charge on any atom is -0.391 e. The molecule has 0 aliphatic carbocycles. The Bertz CT molecular complexity index is 128. The molecule has 11 heavy (non-hydrogen) atoms. The molecule has 0 spiro atoms. The highest BCUT2D eigenvalue weighted by Crippen LogP contribution is 2.27. The van der Waals surface area contributed by atoms with Crippen LogP contribution < -0.4 is 5.32 Å². The molecular weight excluding hydrogens is 138 g/mol. The second-order valence-corrected chi connectivity index (χ2v) is 4.75. The van der Waals surface area contributed by atoms with Crippen LogP contribution in [-0.2, 0) is 0 Å². The molecule has 2 heteroatoms. The first kappa shape index (κ1) is 9.01. The zero-order valence-corrected chi connectivity index (χ0v) is 7.72. The largest absolute Gasteiger partial charge is 0.391 e. The van der Waals surface area contributed by atoms with E-state index in [-0.39, 0.29) is 6.10 Å². The molecule has 1 heterocycles. The van der Waals surface area contributed by atoms with Gasteiger partial charge in [-0.25, -0.2) is 0 Å². The summed E-state index contributed by atoms with van der Waals surface area (Å²) in [5, 5.41) is 12.7. The van der Waals surface area contributed by atoms with Crippen LogP contribution in [0, 0.1) is 11.3 Å². The van der Waals surface area contributed by atoms with E-state index < -0.39 is 0 Å². The van der Waals surface area contributed by atoms with Gasteiger partial charge in [-0.2, -0.15) is 0 Å². The van der Waals surface area contributed by atoms with E-state index in [9.17, 15) is 5.11 Å². The molecule has 2 N–H and O–H groups in total. The number of β-amino-alcohol motifs (C(OH)–C–C–N with tert-alkyl or cyclic N) is 1. The van der Waals surface area contributed by atoms with Gasteiger partial charge in [-0.3, -0.25) is 0 Å². The maximum absolute atomic E-state index is 9.49. The molecule has 0 radical (unpaired) electrons. The summed E-state index contributed by atoms with van der Waals surface area (Å²) in [4.78, 5) is 0. The van der Waals surface area contributed by atoms with Crippen molar-refractivity contribution in [3.05, 3.63) is 0 Å². The fourth-order valence-corrected chi connectivity index (χ4v) is 1.71. The summed E-state index contributed by atoms with van der Waals surface area (Å²) < 4.78 is 0. The van der Waals surface area contributed by atoms with E-state index in [0.29, 0.717) is 11.3 Å². The average molecular weight is 157 g/mol. The number of nitrogens with one attached hydrogen (secondary N) is 1. The summed E-state index contributed by atoms with van der Waals surface area (Å²) in [6.45, 7) is 8.42. The number of rotatable bonds is 1. The van der Waals surface area contributed by atoms with Crippen molar-refractivity contribution in [2.75, 3.05) is 13.1 Å². The van der Waals surface area contributed by atoms with Crippen molar-refractivity contribution in [1.29, 1.82) is 0 Å². The third kappa shape index (κ3) is 2.80. The van der Waals surface area contributed by atoms with Gasteiger partial charge in [0.25, 0.3) is 0 Å². The molecule has 0 aromatic rings. The number of aliphatic hydroxyl groups is 1. The summed E-state index contributed by atoms with van der Waals surface area (Å²) in [7, 11) is 0. The van der Waals surface area contributed by atoms with Crippen LogP contribution in [0.2, 0.25) is 0 Å². The van der Waals surface area contributed by atoms with Gasteiger partial charge in [-0.1, -0.05) is 20.8 Å². The Kier molecular flexibility index (Phi) is 2.55. The van der Waals surface area contributed by atoms with Crippen molar-refractivity contribution in [1.82, 2.24) is 5.32 Å². The van der Waals surface area contributed by atoms with Crippen molar-refractivity contribution >= 4 is 0 Å². The molecule has 1 rings (SSSR count). The average Bonchev–Trinajstić information content (AvgIpc) is 2.12. The van der Waals surface area contributed by atoms with Gasteiger partial charge >= 0.3 is 0 Å². The molecule has 0 unspecified atom stereocenters. The van der Waals surface area contributed by atoms with E-state index >= 15 is 0 Å². The highest BCUT2D eigenvalue weighted by atomic mass is 16.3.